The molecule has 2 aromatic carbocycles. The first-order valence-corrected chi connectivity index (χ1v) is 11.8. The summed E-state index contributed by atoms with van der Waals surface area (Å²) in [5.41, 5.74) is 3.43. The summed E-state index contributed by atoms with van der Waals surface area (Å²) in [5, 5.41) is 9.95. The topological polar surface area (TPSA) is 93.2 Å². The van der Waals surface area contributed by atoms with Gasteiger partial charge in [-0.15, -0.1) is 0 Å². The number of phenols is 1. The summed E-state index contributed by atoms with van der Waals surface area (Å²) in [6.07, 6.45) is 1.72. The van der Waals surface area contributed by atoms with Gasteiger partial charge in [0.05, 0.1) is 11.9 Å². The summed E-state index contributed by atoms with van der Waals surface area (Å²) in [6, 6.07) is 10.5. The molecule has 9 heteroatoms. The van der Waals surface area contributed by atoms with Crippen molar-refractivity contribution < 1.29 is 18.3 Å². The molecule has 0 saturated carbocycles. The number of phenolic OH excluding ortho intramolecular Hbond substituents is 1. The Balaban J connectivity index is 1.58. The number of piperazine rings is 1. The average Bonchev–Trinajstić information content (AvgIpc) is 2.69. The van der Waals surface area contributed by atoms with Crippen LogP contribution in [0.2, 0.25) is 0 Å². The Hall–Kier alpha value is -2.78. The van der Waals surface area contributed by atoms with E-state index in [1.165, 1.54) is 12.1 Å². The second-order valence-corrected chi connectivity index (χ2v) is 9.66. The Morgan fingerprint density at radius 1 is 0.967 bits per heavy atom. The molecule has 0 unspecified atom stereocenters. The quantitative estimate of drug-likeness (QED) is 0.718. The van der Waals surface area contributed by atoms with Gasteiger partial charge in [0, 0.05) is 49.7 Å². The van der Waals surface area contributed by atoms with Crippen LogP contribution in [-0.4, -0.2) is 70.4 Å². The highest BCUT2D eigenvalue weighted by atomic mass is 32.2. The molecule has 4 rings (SSSR count). The molecule has 0 bridgehead atoms. The van der Waals surface area contributed by atoms with Gasteiger partial charge in [-0.1, -0.05) is 0 Å². The highest BCUT2D eigenvalue weighted by molar-refractivity contribution is 7.92. The van der Waals surface area contributed by atoms with Gasteiger partial charge in [0.1, 0.15) is 5.75 Å². The number of hydrogen-bond acceptors (Lipinski definition) is 6. The molecule has 160 valence electrons. The van der Waals surface area contributed by atoms with E-state index in [2.05, 4.69) is 27.6 Å². The number of likely N-dealkylation sites (N-methyl/N-ethyl adjacent to an activating group) is 1. The minimum absolute atomic E-state index is 0.0546. The summed E-state index contributed by atoms with van der Waals surface area (Å²) >= 11 is 0. The van der Waals surface area contributed by atoms with Gasteiger partial charge in [-0.3, -0.25) is 9.52 Å². The molecule has 2 aliphatic rings. The number of fused-ring (bicyclic) bond motifs is 1. The lowest BCUT2D eigenvalue weighted by molar-refractivity contribution is 0.0980. The molecule has 0 radical (unpaired) electrons. The fourth-order valence-electron chi connectivity index (χ4n) is 3.96. The Morgan fingerprint density at radius 3 is 2.37 bits per heavy atom. The van der Waals surface area contributed by atoms with Gasteiger partial charge in [-0.25, -0.2) is 8.42 Å². The summed E-state index contributed by atoms with van der Waals surface area (Å²) in [5.74, 6) is -0.317. The van der Waals surface area contributed by atoms with Crippen molar-refractivity contribution in [3.8, 4) is 5.75 Å². The van der Waals surface area contributed by atoms with Gasteiger partial charge in [0.2, 0.25) is 10.0 Å². The fraction of sp³-hybridized carbons (Fsp3) is 0.381. The normalized spacial score (nSPS) is 17.7. The summed E-state index contributed by atoms with van der Waals surface area (Å²) < 4.78 is 25.4. The predicted octanol–water partition coefficient (Wildman–Crippen LogP) is 1.72. The SMILES string of the molecule is CN1CCN(c2ccc3c(c2)CCN(c2ccc(O)c(NS(C)(=O)=O)c2)C3=O)CC1. The van der Waals surface area contributed by atoms with Crippen LogP contribution >= 0.6 is 0 Å². The molecule has 0 aliphatic carbocycles. The molecule has 0 aromatic heterocycles. The van der Waals surface area contributed by atoms with Crippen molar-refractivity contribution >= 4 is 33.0 Å². The van der Waals surface area contributed by atoms with Crippen molar-refractivity contribution in [1.82, 2.24) is 4.90 Å². The maximum atomic E-state index is 13.1. The fourth-order valence-corrected chi connectivity index (χ4v) is 4.52. The third-order valence-corrected chi connectivity index (χ3v) is 6.22. The molecule has 1 saturated heterocycles. The minimum atomic E-state index is -3.55. The highest BCUT2D eigenvalue weighted by Crippen LogP contribution is 2.33. The molecule has 2 heterocycles. The zero-order valence-corrected chi connectivity index (χ0v) is 17.9. The van der Waals surface area contributed by atoms with E-state index in [0.717, 1.165) is 43.7 Å². The van der Waals surface area contributed by atoms with Gasteiger partial charge < -0.3 is 19.8 Å². The van der Waals surface area contributed by atoms with Crippen LogP contribution in [0, 0.1) is 0 Å². The standard InChI is InChI=1S/C21H26N4O4S/c1-23-9-11-24(12-10-23)16-3-5-18-15(13-16)7-8-25(21(18)27)17-4-6-20(26)19(14-17)22-30(2,28)29/h3-6,13-14,22,26H,7-12H2,1-2H3. The zero-order chi connectivity index (χ0) is 21.5. The maximum Gasteiger partial charge on any atom is 0.258 e. The van der Waals surface area contributed by atoms with Crippen LogP contribution in [-0.2, 0) is 16.4 Å². The van der Waals surface area contributed by atoms with Crippen LogP contribution in [0.3, 0.4) is 0 Å². The first-order valence-electron chi connectivity index (χ1n) is 9.90. The Labute approximate surface area is 176 Å². The van der Waals surface area contributed by atoms with Crippen molar-refractivity contribution in [2.24, 2.45) is 0 Å². The van der Waals surface area contributed by atoms with Crippen molar-refractivity contribution in [2.75, 3.05) is 60.5 Å². The molecule has 0 atom stereocenters. The molecule has 1 fully saturated rings. The largest absolute Gasteiger partial charge is 0.506 e. The number of amides is 1. The third-order valence-electron chi connectivity index (χ3n) is 5.62. The number of hydrogen-bond donors (Lipinski definition) is 2. The first kappa shape index (κ1) is 20.5. The number of carbonyl (C=O) groups excluding carboxylic acids is 1. The number of sulfonamides is 1. The summed E-state index contributed by atoms with van der Waals surface area (Å²) in [4.78, 5) is 19.4. The number of nitrogens with zero attached hydrogens (tertiary/aromatic N) is 3. The lowest BCUT2D eigenvalue weighted by Crippen LogP contribution is -2.44. The lowest BCUT2D eigenvalue weighted by Gasteiger charge is -2.35. The van der Waals surface area contributed by atoms with E-state index in [1.54, 1.807) is 11.0 Å². The number of anilines is 3. The Kier molecular flexibility index (Phi) is 5.33. The van der Waals surface area contributed by atoms with Crippen LogP contribution in [0.25, 0.3) is 0 Å². The van der Waals surface area contributed by atoms with Crippen LogP contribution in [0.1, 0.15) is 15.9 Å². The van der Waals surface area contributed by atoms with Crippen LogP contribution in [0.15, 0.2) is 36.4 Å². The zero-order valence-electron chi connectivity index (χ0n) is 17.1. The Bertz CT molecular complexity index is 1080. The predicted molar refractivity (Wildman–Crippen MR) is 118 cm³/mol. The van der Waals surface area contributed by atoms with Crippen LogP contribution in [0.4, 0.5) is 17.1 Å². The molecule has 2 N–H and O–H groups in total. The number of carbonyl (C=O) groups is 1. The van der Waals surface area contributed by atoms with E-state index in [0.29, 0.717) is 24.2 Å². The molecular formula is C21H26N4O4S. The number of rotatable bonds is 4. The van der Waals surface area contributed by atoms with E-state index in [1.807, 2.05) is 12.1 Å². The smallest absolute Gasteiger partial charge is 0.258 e. The maximum absolute atomic E-state index is 13.1. The van der Waals surface area contributed by atoms with Crippen LogP contribution in [0.5, 0.6) is 5.75 Å². The number of aromatic hydroxyl groups is 1. The van der Waals surface area contributed by atoms with Crippen molar-refractivity contribution in [3.63, 3.8) is 0 Å². The molecule has 1 amide bonds. The van der Waals surface area contributed by atoms with E-state index in [4.69, 9.17) is 0 Å². The first-order chi connectivity index (χ1) is 14.2. The second kappa shape index (κ2) is 7.81. The molecule has 8 nitrogen and oxygen atoms in total. The van der Waals surface area contributed by atoms with E-state index in [9.17, 15) is 18.3 Å². The minimum Gasteiger partial charge on any atom is -0.506 e. The van der Waals surface area contributed by atoms with Crippen molar-refractivity contribution in [3.05, 3.63) is 47.5 Å². The average molecular weight is 431 g/mol. The summed E-state index contributed by atoms with van der Waals surface area (Å²) in [6.45, 7) is 4.47. The van der Waals surface area contributed by atoms with Crippen molar-refractivity contribution in [2.45, 2.75) is 6.42 Å². The lowest BCUT2D eigenvalue weighted by atomic mass is 9.97. The summed E-state index contributed by atoms with van der Waals surface area (Å²) in [7, 11) is -1.43. The second-order valence-electron chi connectivity index (χ2n) is 7.91. The molecule has 2 aliphatic heterocycles. The molecular weight excluding hydrogens is 404 g/mol. The highest BCUT2D eigenvalue weighted by Gasteiger charge is 2.27. The monoisotopic (exact) mass is 430 g/mol. The van der Waals surface area contributed by atoms with Gasteiger partial charge >= 0.3 is 0 Å². The number of nitrogens with one attached hydrogen (secondary N) is 1. The van der Waals surface area contributed by atoms with Gasteiger partial charge in [-0.05, 0) is 55.4 Å². The molecule has 30 heavy (non-hydrogen) atoms. The van der Waals surface area contributed by atoms with E-state index < -0.39 is 10.0 Å². The van der Waals surface area contributed by atoms with Gasteiger partial charge in [0.15, 0.2) is 0 Å². The van der Waals surface area contributed by atoms with Crippen LogP contribution < -0.4 is 14.5 Å². The van der Waals surface area contributed by atoms with Gasteiger partial charge in [-0.2, -0.15) is 0 Å². The Morgan fingerprint density at radius 2 is 1.67 bits per heavy atom. The van der Waals surface area contributed by atoms with E-state index >= 15 is 0 Å². The van der Waals surface area contributed by atoms with Gasteiger partial charge in [0.25, 0.3) is 5.91 Å². The molecule has 2 aromatic rings. The molecule has 0 spiro atoms. The number of benzene rings is 2. The van der Waals surface area contributed by atoms with Crippen molar-refractivity contribution in [1.29, 1.82) is 0 Å². The third kappa shape index (κ3) is 4.22. The van der Waals surface area contributed by atoms with E-state index in [-0.39, 0.29) is 17.3 Å².